The van der Waals surface area contributed by atoms with Gasteiger partial charge < -0.3 is 10.0 Å². The third-order valence-electron chi connectivity index (χ3n) is 5.19. The van der Waals surface area contributed by atoms with E-state index in [2.05, 4.69) is 15.9 Å². The minimum absolute atomic E-state index is 0.227. The van der Waals surface area contributed by atoms with Crippen LogP contribution in [0.1, 0.15) is 32.1 Å². The molecule has 0 aliphatic carbocycles. The topological polar surface area (TPSA) is 57.6 Å². The number of Topliss-reactive ketones (excluding diaryl/α,β-unsaturated/α-hetero) is 1. The van der Waals surface area contributed by atoms with Crippen LogP contribution in [0.5, 0.6) is 0 Å². The van der Waals surface area contributed by atoms with E-state index in [1.807, 2.05) is 55.5 Å². The van der Waals surface area contributed by atoms with E-state index < -0.39 is 11.5 Å². The van der Waals surface area contributed by atoms with Crippen molar-refractivity contribution in [2.45, 2.75) is 25.4 Å². The van der Waals surface area contributed by atoms with Gasteiger partial charge in [0.1, 0.15) is 0 Å². The van der Waals surface area contributed by atoms with Gasteiger partial charge in [0.15, 0.2) is 11.4 Å². The first-order valence-corrected chi connectivity index (χ1v) is 11.0. The first kappa shape index (κ1) is 20.0. The number of hydrogen-bond acceptors (Lipinski definition) is 4. The summed E-state index contributed by atoms with van der Waals surface area (Å²) in [5.41, 5.74) is 0.392. The second-order valence-electron chi connectivity index (χ2n) is 7.22. The van der Waals surface area contributed by atoms with Crippen LogP contribution in [0.3, 0.4) is 0 Å². The van der Waals surface area contributed by atoms with Gasteiger partial charge in [-0.1, -0.05) is 46.3 Å². The molecule has 1 atom stereocenters. The molecule has 1 aromatic heterocycles. The highest BCUT2D eigenvalue weighted by Crippen LogP contribution is 2.44. The van der Waals surface area contributed by atoms with E-state index in [1.165, 1.54) is 11.3 Å². The van der Waals surface area contributed by atoms with Crippen LogP contribution in [0.25, 0.3) is 0 Å². The van der Waals surface area contributed by atoms with E-state index in [1.54, 1.807) is 17.0 Å². The number of thiophene rings is 1. The van der Waals surface area contributed by atoms with Crippen molar-refractivity contribution < 1.29 is 14.7 Å². The van der Waals surface area contributed by atoms with E-state index in [0.29, 0.717) is 29.1 Å². The zero-order chi connectivity index (χ0) is 20.6. The molecular weight excluding hydrogens is 450 g/mol. The van der Waals surface area contributed by atoms with Gasteiger partial charge in [-0.3, -0.25) is 9.59 Å². The van der Waals surface area contributed by atoms with Crippen molar-refractivity contribution in [3.05, 3.63) is 86.0 Å². The summed E-state index contributed by atoms with van der Waals surface area (Å²) in [7, 11) is 0. The van der Waals surface area contributed by atoms with Gasteiger partial charge in [0.25, 0.3) is 5.91 Å². The Hall–Kier alpha value is -2.28. The largest absolute Gasteiger partial charge is 0.375 e. The number of rotatable bonds is 6. The molecule has 6 heteroatoms. The van der Waals surface area contributed by atoms with Gasteiger partial charge in [-0.2, -0.15) is 0 Å². The Balaban J connectivity index is 1.65. The van der Waals surface area contributed by atoms with Crippen LogP contribution < -0.4 is 4.90 Å². The Morgan fingerprint density at radius 2 is 1.90 bits per heavy atom. The summed E-state index contributed by atoms with van der Waals surface area (Å²) in [6.07, 6.45) is 0.396. The second kappa shape index (κ2) is 7.86. The molecule has 1 aliphatic heterocycles. The molecule has 0 bridgehead atoms. The van der Waals surface area contributed by atoms with E-state index in [-0.39, 0.29) is 12.2 Å². The predicted molar refractivity (Wildman–Crippen MR) is 119 cm³/mol. The summed E-state index contributed by atoms with van der Waals surface area (Å²) in [5.74, 6) is -0.669. The fourth-order valence-corrected chi connectivity index (χ4v) is 4.87. The van der Waals surface area contributed by atoms with E-state index in [4.69, 9.17) is 0 Å². The Morgan fingerprint density at radius 3 is 2.59 bits per heavy atom. The molecule has 1 N–H and O–H groups in total. The number of aliphatic hydroxyl groups is 1. The Labute approximate surface area is 181 Å². The Morgan fingerprint density at radius 1 is 1.14 bits per heavy atom. The molecule has 0 spiro atoms. The first-order chi connectivity index (χ1) is 13.9. The summed E-state index contributed by atoms with van der Waals surface area (Å²) < 4.78 is 0.756. The summed E-state index contributed by atoms with van der Waals surface area (Å²) in [6, 6.07) is 18.9. The quantitative estimate of drug-likeness (QED) is 0.523. The van der Waals surface area contributed by atoms with Crippen molar-refractivity contribution in [2.24, 2.45) is 0 Å². The number of carbonyl (C=O) groups excluding carboxylic acids is 2. The zero-order valence-corrected chi connectivity index (χ0v) is 18.3. The molecule has 4 nitrogen and oxygen atoms in total. The van der Waals surface area contributed by atoms with Gasteiger partial charge in [0.05, 0.1) is 17.0 Å². The van der Waals surface area contributed by atoms with Gasteiger partial charge in [-0.15, -0.1) is 11.3 Å². The van der Waals surface area contributed by atoms with Crippen LogP contribution in [-0.2, 0) is 16.8 Å². The van der Waals surface area contributed by atoms with Gasteiger partial charge in [-0.05, 0) is 49.2 Å². The van der Waals surface area contributed by atoms with Crippen LogP contribution in [0.15, 0.2) is 65.1 Å². The molecule has 1 unspecified atom stereocenters. The fourth-order valence-electron chi connectivity index (χ4n) is 3.71. The highest BCUT2D eigenvalue weighted by atomic mass is 79.9. The van der Waals surface area contributed by atoms with Crippen LogP contribution in [0.2, 0.25) is 0 Å². The third-order valence-corrected chi connectivity index (χ3v) is 6.73. The number of benzene rings is 2. The van der Waals surface area contributed by atoms with Gasteiger partial charge in [0, 0.05) is 21.5 Å². The molecular formula is C23H20BrNO3S. The van der Waals surface area contributed by atoms with Crippen molar-refractivity contribution in [2.75, 3.05) is 11.4 Å². The number of fused-ring (bicyclic) bond motifs is 1. The lowest BCUT2D eigenvalue weighted by molar-refractivity contribution is -0.135. The third kappa shape index (κ3) is 3.80. The van der Waals surface area contributed by atoms with Crippen LogP contribution in [-0.4, -0.2) is 23.3 Å². The molecule has 29 heavy (non-hydrogen) atoms. The van der Waals surface area contributed by atoms with Gasteiger partial charge in [0.2, 0.25) is 0 Å². The highest BCUT2D eigenvalue weighted by molar-refractivity contribution is 9.10. The number of aryl methyl sites for hydroxylation is 1. The summed E-state index contributed by atoms with van der Waals surface area (Å²) in [4.78, 5) is 29.3. The molecule has 0 saturated carbocycles. The SMILES string of the molecule is Cc1ccc(C(=O)CC2(O)C(=O)N(CCc3ccccc3)c3ccc(Br)cc32)s1. The van der Waals surface area contributed by atoms with E-state index >= 15 is 0 Å². The minimum atomic E-state index is -1.86. The molecule has 2 heterocycles. The maximum atomic E-state index is 13.3. The molecule has 0 fully saturated rings. The van der Waals surface area contributed by atoms with Crippen molar-refractivity contribution in [3.63, 3.8) is 0 Å². The summed E-state index contributed by atoms with van der Waals surface area (Å²) in [5, 5.41) is 11.4. The minimum Gasteiger partial charge on any atom is -0.375 e. The Kier molecular flexibility index (Phi) is 5.42. The molecule has 0 radical (unpaired) electrons. The maximum absolute atomic E-state index is 13.3. The molecule has 1 amide bonds. The molecule has 148 valence electrons. The van der Waals surface area contributed by atoms with Gasteiger partial charge in [-0.25, -0.2) is 0 Å². The lowest BCUT2D eigenvalue weighted by Gasteiger charge is -2.22. The van der Waals surface area contributed by atoms with Crippen LogP contribution in [0, 0.1) is 6.92 Å². The molecule has 2 aromatic carbocycles. The summed E-state index contributed by atoms with van der Waals surface area (Å²) in [6.45, 7) is 2.36. The maximum Gasteiger partial charge on any atom is 0.264 e. The standard InChI is InChI=1S/C23H20BrNO3S/c1-15-7-10-21(29-15)20(26)14-23(28)18-13-17(24)8-9-19(18)25(22(23)27)12-11-16-5-3-2-4-6-16/h2-10,13,28H,11-12,14H2,1H3. The number of hydrogen-bond donors (Lipinski definition) is 1. The monoisotopic (exact) mass is 469 g/mol. The van der Waals surface area contributed by atoms with Crippen LogP contribution in [0.4, 0.5) is 5.69 Å². The lowest BCUT2D eigenvalue weighted by Crippen LogP contribution is -2.42. The molecule has 3 aromatic rings. The summed E-state index contributed by atoms with van der Waals surface area (Å²) >= 11 is 4.80. The molecule has 0 saturated heterocycles. The molecule has 4 rings (SSSR count). The normalized spacial score (nSPS) is 18.2. The van der Waals surface area contributed by atoms with Crippen molar-refractivity contribution in [1.82, 2.24) is 0 Å². The predicted octanol–water partition coefficient (Wildman–Crippen LogP) is 4.87. The number of anilines is 1. The van der Waals surface area contributed by atoms with E-state index in [9.17, 15) is 14.7 Å². The zero-order valence-electron chi connectivity index (χ0n) is 15.9. The number of amides is 1. The van der Waals surface area contributed by atoms with Gasteiger partial charge >= 0.3 is 0 Å². The fraction of sp³-hybridized carbons (Fsp3) is 0.217. The van der Waals surface area contributed by atoms with Crippen molar-refractivity contribution in [1.29, 1.82) is 0 Å². The highest BCUT2D eigenvalue weighted by Gasteiger charge is 2.51. The lowest BCUT2D eigenvalue weighted by atomic mass is 9.89. The number of halogens is 1. The van der Waals surface area contributed by atoms with Crippen molar-refractivity contribution >= 4 is 44.6 Å². The average molecular weight is 470 g/mol. The smallest absolute Gasteiger partial charge is 0.264 e. The van der Waals surface area contributed by atoms with Crippen molar-refractivity contribution in [3.8, 4) is 0 Å². The Bertz CT molecular complexity index is 1080. The first-order valence-electron chi connectivity index (χ1n) is 9.36. The number of carbonyl (C=O) groups is 2. The number of nitrogens with zero attached hydrogens (tertiary/aromatic N) is 1. The molecule has 1 aliphatic rings. The second-order valence-corrected chi connectivity index (χ2v) is 9.43. The average Bonchev–Trinajstić information content (AvgIpc) is 3.23. The van der Waals surface area contributed by atoms with E-state index in [0.717, 1.165) is 14.9 Å². The number of ketones is 1. The van der Waals surface area contributed by atoms with Crippen LogP contribution >= 0.6 is 27.3 Å².